The van der Waals surface area contributed by atoms with Gasteiger partial charge >= 0.3 is 0 Å². The van der Waals surface area contributed by atoms with Gasteiger partial charge in [0.15, 0.2) is 25.4 Å². The summed E-state index contributed by atoms with van der Waals surface area (Å²) in [5.41, 5.74) is 1.29. The van der Waals surface area contributed by atoms with Crippen LogP contribution in [-0.2, 0) is 19.7 Å². The molecule has 10 nitrogen and oxygen atoms in total. The average molecular weight is 754 g/mol. The molecule has 16 heteroatoms. The van der Waals surface area contributed by atoms with Gasteiger partial charge in [-0.25, -0.2) is 16.8 Å². The maximum absolute atomic E-state index is 12.9. The molecule has 0 saturated carbocycles. The van der Waals surface area contributed by atoms with Crippen molar-refractivity contribution in [2.24, 2.45) is 0 Å². The predicted octanol–water partition coefficient (Wildman–Crippen LogP) is 6.62. The SMILES string of the molecule is COc1c(Cl)cc(C(=O)N2CS(=O)(=O)c3ccccc32)cc1SC.CSc1cc(C(=O)N2CS(=O)(=O)c3ccccc32)cc(Cl)c1O. The van der Waals surface area contributed by atoms with Crippen molar-refractivity contribution in [1.82, 2.24) is 0 Å². The number of hydrogen-bond donors (Lipinski definition) is 1. The number of carbonyl (C=O) groups excluding carboxylic acids is 2. The summed E-state index contributed by atoms with van der Waals surface area (Å²) >= 11 is 14.8. The molecule has 0 unspecified atom stereocenters. The molecule has 0 aromatic heterocycles. The number of fused-ring (bicyclic) bond motifs is 2. The number of para-hydroxylation sites is 2. The molecule has 0 spiro atoms. The Morgan fingerprint density at radius 2 is 1.15 bits per heavy atom. The van der Waals surface area contributed by atoms with Crippen molar-refractivity contribution >= 4 is 89.6 Å². The van der Waals surface area contributed by atoms with E-state index >= 15 is 0 Å². The van der Waals surface area contributed by atoms with Crippen LogP contribution >= 0.6 is 46.7 Å². The van der Waals surface area contributed by atoms with Gasteiger partial charge in [0.25, 0.3) is 11.8 Å². The number of halogens is 2. The third-order valence-corrected chi connectivity index (χ3v) is 12.5. The minimum Gasteiger partial charge on any atom is -0.505 e. The maximum atomic E-state index is 12.9. The molecule has 2 heterocycles. The minimum absolute atomic E-state index is 0.0514. The van der Waals surface area contributed by atoms with Crippen LogP contribution in [0.15, 0.2) is 92.4 Å². The fraction of sp³-hybridized carbons (Fsp3) is 0.161. The number of nitrogens with zero attached hydrogens (tertiary/aromatic N) is 2. The molecular formula is C31H26Cl2N2O8S4. The molecule has 2 amide bonds. The summed E-state index contributed by atoms with van der Waals surface area (Å²) in [7, 11) is -5.52. The smallest absolute Gasteiger partial charge is 0.259 e. The fourth-order valence-electron chi connectivity index (χ4n) is 5.05. The Bertz CT molecular complexity index is 2140. The second kappa shape index (κ2) is 13.6. The van der Waals surface area contributed by atoms with Gasteiger partial charge in [0.2, 0.25) is 0 Å². The van der Waals surface area contributed by atoms with Gasteiger partial charge in [-0.2, -0.15) is 0 Å². The predicted molar refractivity (Wildman–Crippen MR) is 185 cm³/mol. The van der Waals surface area contributed by atoms with E-state index in [4.69, 9.17) is 27.9 Å². The normalized spacial score (nSPS) is 15.3. The van der Waals surface area contributed by atoms with Crippen LogP contribution in [0.3, 0.4) is 0 Å². The number of amides is 2. The quantitative estimate of drug-likeness (QED) is 0.221. The van der Waals surface area contributed by atoms with Crippen molar-refractivity contribution in [3.63, 3.8) is 0 Å². The van der Waals surface area contributed by atoms with E-state index in [0.717, 1.165) is 0 Å². The lowest BCUT2D eigenvalue weighted by Gasteiger charge is -2.17. The molecule has 6 rings (SSSR count). The highest BCUT2D eigenvalue weighted by molar-refractivity contribution is 7.99. The summed E-state index contributed by atoms with van der Waals surface area (Å²) in [5, 5.41) is 10.2. The number of rotatable bonds is 5. The van der Waals surface area contributed by atoms with E-state index < -0.39 is 37.4 Å². The third-order valence-electron chi connectivity index (χ3n) is 7.25. The lowest BCUT2D eigenvalue weighted by molar-refractivity contribution is 0.0983. The molecule has 0 aliphatic carbocycles. The zero-order valence-corrected chi connectivity index (χ0v) is 29.7. The van der Waals surface area contributed by atoms with E-state index in [-0.39, 0.29) is 32.0 Å². The van der Waals surface area contributed by atoms with Crippen molar-refractivity contribution in [1.29, 1.82) is 0 Å². The first kappa shape index (κ1) is 34.9. The molecule has 1 N–H and O–H groups in total. The number of phenols is 1. The van der Waals surface area contributed by atoms with E-state index in [1.165, 1.54) is 70.8 Å². The number of hydrogen-bond acceptors (Lipinski definition) is 10. The third kappa shape index (κ3) is 6.67. The van der Waals surface area contributed by atoms with Crippen molar-refractivity contribution in [3.8, 4) is 11.5 Å². The van der Waals surface area contributed by atoms with Crippen molar-refractivity contribution in [3.05, 3.63) is 94.0 Å². The Morgan fingerprint density at radius 1 is 0.723 bits per heavy atom. The second-order valence-electron chi connectivity index (χ2n) is 10.1. The molecule has 0 fully saturated rings. The van der Waals surface area contributed by atoms with Crippen LogP contribution in [0.25, 0.3) is 0 Å². The van der Waals surface area contributed by atoms with E-state index in [9.17, 15) is 31.5 Å². The molecular weight excluding hydrogens is 728 g/mol. The lowest BCUT2D eigenvalue weighted by atomic mass is 10.1. The van der Waals surface area contributed by atoms with Crippen LogP contribution in [0, 0.1) is 0 Å². The van der Waals surface area contributed by atoms with Gasteiger partial charge < -0.3 is 9.84 Å². The van der Waals surface area contributed by atoms with Crippen LogP contribution in [0.5, 0.6) is 11.5 Å². The van der Waals surface area contributed by atoms with Gasteiger partial charge in [-0.1, -0.05) is 47.5 Å². The number of aromatic hydroxyl groups is 1. The van der Waals surface area contributed by atoms with Crippen LogP contribution in [0.1, 0.15) is 20.7 Å². The van der Waals surface area contributed by atoms with Crippen molar-refractivity contribution in [2.75, 3.05) is 41.2 Å². The Balaban J connectivity index is 0.000000185. The Labute approximate surface area is 290 Å². The van der Waals surface area contributed by atoms with Crippen LogP contribution in [0.4, 0.5) is 11.4 Å². The van der Waals surface area contributed by atoms with Gasteiger partial charge in [0, 0.05) is 11.1 Å². The zero-order chi connectivity index (χ0) is 34.3. The lowest BCUT2D eigenvalue weighted by Crippen LogP contribution is -2.30. The topological polar surface area (TPSA) is 138 Å². The monoisotopic (exact) mass is 752 g/mol. The summed E-state index contributed by atoms with van der Waals surface area (Å²) in [6.07, 6.45) is 3.59. The Morgan fingerprint density at radius 3 is 1.60 bits per heavy atom. The van der Waals surface area contributed by atoms with E-state index in [2.05, 4.69) is 0 Å². The van der Waals surface area contributed by atoms with E-state index in [1.807, 2.05) is 6.26 Å². The standard InChI is InChI=1S/C16H14ClNO4S2.C15H12ClNO4S2/c1-22-15-11(17)7-10(8-13(15)23-2)16(19)18-9-24(20,21)14-6-4-3-5-12(14)18;1-22-12-7-9(6-10(16)14(12)18)15(19)17-8-23(20,21)13-5-3-2-4-11(13)17/h3-8H,9H2,1-2H3;2-7,18H,8H2,1H3. The average Bonchev–Trinajstić information content (AvgIpc) is 3.50. The van der Waals surface area contributed by atoms with Gasteiger partial charge in [-0.15, -0.1) is 23.5 Å². The molecule has 246 valence electrons. The van der Waals surface area contributed by atoms with Gasteiger partial charge in [0.05, 0.1) is 48.1 Å². The molecule has 4 aromatic rings. The second-order valence-corrected chi connectivity index (χ2v) is 16.5. The summed E-state index contributed by atoms with van der Waals surface area (Å²) < 4.78 is 54.1. The summed E-state index contributed by atoms with van der Waals surface area (Å²) in [6, 6.07) is 18.8. The van der Waals surface area contributed by atoms with Crippen LogP contribution < -0.4 is 14.5 Å². The zero-order valence-electron chi connectivity index (χ0n) is 24.9. The van der Waals surface area contributed by atoms with E-state index in [1.54, 1.807) is 48.7 Å². The van der Waals surface area contributed by atoms with Gasteiger partial charge in [0.1, 0.15) is 17.5 Å². The molecule has 2 aliphatic heterocycles. The molecule has 0 atom stereocenters. The highest BCUT2D eigenvalue weighted by Gasteiger charge is 2.37. The minimum atomic E-state index is -3.52. The molecule has 47 heavy (non-hydrogen) atoms. The number of carbonyl (C=O) groups is 2. The number of anilines is 2. The molecule has 0 radical (unpaired) electrons. The number of sulfone groups is 2. The summed E-state index contributed by atoms with van der Waals surface area (Å²) in [5.74, 6) is -1.26. The number of ether oxygens (including phenoxy) is 1. The van der Waals surface area contributed by atoms with Crippen molar-refractivity contribution < 1.29 is 36.3 Å². The number of benzene rings is 4. The van der Waals surface area contributed by atoms with Gasteiger partial charge in [-0.3, -0.25) is 19.4 Å². The summed E-state index contributed by atoms with van der Waals surface area (Å²) in [4.78, 5) is 29.6. The highest BCUT2D eigenvalue weighted by atomic mass is 35.5. The highest BCUT2D eigenvalue weighted by Crippen LogP contribution is 2.40. The first-order chi connectivity index (χ1) is 22.2. The van der Waals surface area contributed by atoms with Crippen LogP contribution in [-0.4, -0.2) is 65.1 Å². The summed E-state index contributed by atoms with van der Waals surface area (Å²) in [6.45, 7) is 0. The van der Waals surface area contributed by atoms with Crippen LogP contribution in [0.2, 0.25) is 10.0 Å². The van der Waals surface area contributed by atoms with E-state index in [0.29, 0.717) is 37.5 Å². The molecule has 0 bridgehead atoms. The maximum Gasteiger partial charge on any atom is 0.259 e. The number of phenolic OH excluding ortho intramolecular Hbond substituents is 1. The first-order valence-electron chi connectivity index (χ1n) is 13.5. The molecule has 2 aliphatic rings. The fourth-order valence-corrected chi connectivity index (χ4v) is 9.88. The molecule has 4 aromatic carbocycles. The van der Waals surface area contributed by atoms with Gasteiger partial charge in [-0.05, 0) is 61.0 Å². The largest absolute Gasteiger partial charge is 0.505 e. The first-order valence-corrected chi connectivity index (χ1v) is 20.0. The Kier molecular flexibility index (Phi) is 10.1. The Hall–Kier alpha value is -3.40. The number of methoxy groups -OCH3 is 1. The molecule has 0 saturated heterocycles. The number of thioether (sulfide) groups is 2. The van der Waals surface area contributed by atoms with Crippen molar-refractivity contribution in [2.45, 2.75) is 19.6 Å².